The van der Waals surface area contributed by atoms with Gasteiger partial charge in [-0.1, -0.05) is 13.8 Å². The van der Waals surface area contributed by atoms with Gasteiger partial charge in [-0.3, -0.25) is 4.79 Å². The highest BCUT2D eigenvalue weighted by molar-refractivity contribution is 5.79. The van der Waals surface area contributed by atoms with Crippen molar-refractivity contribution in [3.05, 3.63) is 0 Å². The normalized spacial score (nSPS) is 23.6. The standard InChI is InChI=1S/C15H30N2O2/c1-4-14(5-2)17(10-11-19-3)15(18)12-6-8-13(16)9-7-12/h12-14H,4-11,16H2,1-3H3. The van der Waals surface area contributed by atoms with E-state index in [0.29, 0.717) is 31.1 Å². The van der Waals surface area contributed by atoms with Gasteiger partial charge >= 0.3 is 0 Å². The lowest BCUT2D eigenvalue weighted by atomic mass is 9.85. The van der Waals surface area contributed by atoms with Gasteiger partial charge in [-0.05, 0) is 38.5 Å². The van der Waals surface area contributed by atoms with Crippen molar-refractivity contribution in [3.63, 3.8) is 0 Å². The van der Waals surface area contributed by atoms with Crippen LogP contribution >= 0.6 is 0 Å². The lowest BCUT2D eigenvalue weighted by molar-refractivity contribution is -0.140. The molecule has 0 saturated heterocycles. The number of amides is 1. The predicted molar refractivity (Wildman–Crippen MR) is 77.9 cm³/mol. The molecule has 0 aromatic carbocycles. The molecule has 0 atom stereocenters. The second-order valence-electron chi connectivity index (χ2n) is 5.61. The van der Waals surface area contributed by atoms with Gasteiger partial charge in [0.25, 0.3) is 0 Å². The van der Waals surface area contributed by atoms with Crippen molar-refractivity contribution in [2.75, 3.05) is 20.3 Å². The minimum absolute atomic E-state index is 0.178. The molecule has 1 rings (SSSR count). The van der Waals surface area contributed by atoms with Gasteiger partial charge in [0.1, 0.15) is 0 Å². The first-order valence-corrected chi connectivity index (χ1v) is 7.68. The number of carbonyl (C=O) groups excluding carboxylic acids is 1. The molecule has 4 heteroatoms. The highest BCUT2D eigenvalue weighted by Crippen LogP contribution is 2.26. The summed E-state index contributed by atoms with van der Waals surface area (Å²) in [6.07, 6.45) is 5.89. The van der Waals surface area contributed by atoms with Gasteiger partial charge in [0.15, 0.2) is 0 Å². The monoisotopic (exact) mass is 270 g/mol. The molecule has 0 aromatic heterocycles. The van der Waals surface area contributed by atoms with Gasteiger partial charge in [-0.25, -0.2) is 0 Å². The molecule has 112 valence electrons. The number of hydrogen-bond donors (Lipinski definition) is 1. The van der Waals surface area contributed by atoms with Crippen LogP contribution in [-0.2, 0) is 9.53 Å². The maximum atomic E-state index is 12.7. The topological polar surface area (TPSA) is 55.6 Å². The van der Waals surface area contributed by atoms with E-state index in [0.717, 1.165) is 38.5 Å². The molecule has 0 aliphatic heterocycles. The minimum atomic E-state index is 0.178. The van der Waals surface area contributed by atoms with E-state index in [1.54, 1.807) is 7.11 Å². The van der Waals surface area contributed by atoms with E-state index in [4.69, 9.17) is 10.5 Å². The summed E-state index contributed by atoms with van der Waals surface area (Å²) in [5, 5.41) is 0. The van der Waals surface area contributed by atoms with Crippen LogP contribution in [0, 0.1) is 5.92 Å². The average Bonchev–Trinajstić information content (AvgIpc) is 2.43. The van der Waals surface area contributed by atoms with Crippen molar-refractivity contribution in [2.45, 2.75) is 64.5 Å². The van der Waals surface area contributed by atoms with Gasteiger partial charge in [0.05, 0.1) is 6.61 Å². The number of carbonyl (C=O) groups is 1. The van der Waals surface area contributed by atoms with E-state index >= 15 is 0 Å². The molecule has 0 aromatic rings. The third kappa shape index (κ3) is 4.77. The van der Waals surface area contributed by atoms with Crippen LogP contribution in [0.3, 0.4) is 0 Å². The Kier molecular flexibility index (Phi) is 7.39. The van der Waals surface area contributed by atoms with Crippen molar-refractivity contribution >= 4 is 5.91 Å². The molecular formula is C15H30N2O2. The first kappa shape index (κ1) is 16.4. The molecule has 1 aliphatic carbocycles. The number of rotatable bonds is 7. The Bertz CT molecular complexity index is 259. The minimum Gasteiger partial charge on any atom is -0.383 e. The maximum Gasteiger partial charge on any atom is 0.226 e. The van der Waals surface area contributed by atoms with Gasteiger partial charge in [0.2, 0.25) is 5.91 Å². The van der Waals surface area contributed by atoms with Crippen LogP contribution in [0.1, 0.15) is 52.4 Å². The molecule has 1 amide bonds. The molecule has 2 N–H and O–H groups in total. The number of nitrogens with zero attached hydrogens (tertiary/aromatic N) is 1. The fourth-order valence-corrected chi connectivity index (χ4v) is 2.99. The van der Waals surface area contributed by atoms with E-state index in [1.165, 1.54) is 0 Å². The van der Waals surface area contributed by atoms with Crippen LogP contribution in [0.4, 0.5) is 0 Å². The van der Waals surface area contributed by atoms with E-state index in [9.17, 15) is 4.79 Å². The molecule has 0 heterocycles. The summed E-state index contributed by atoms with van der Waals surface area (Å²) in [7, 11) is 1.69. The van der Waals surface area contributed by atoms with Crippen LogP contribution < -0.4 is 5.73 Å². The fraction of sp³-hybridized carbons (Fsp3) is 0.933. The third-order valence-corrected chi connectivity index (χ3v) is 4.32. The number of ether oxygens (including phenoxy) is 1. The van der Waals surface area contributed by atoms with Crippen LogP contribution in [0.15, 0.2) is 0 Å². The van der Waals surface area contributed by atoms with Crippen molar-refractivity contribution in [1.82, 2.24) is 4.90 Å². The smallest absolute Gasteiger partial charge is 0.226 e. The summed E-state index contributed by atoms with van der Waals surface area (Å²) in [5.74, 6) is 0.495. The van der Waals surface area contributed by atoms with Crippen LogP contribution in [0.2, 0.25) is 0 Å². The molecule has 0 radical (unpaired) electrons. The Balaban J connectivity index is 2.64. The molecule has 1 aliphatic rings. The molecule has 0 unspecified atom stereocenters. The quantitative estimate of drug-likeness (QED) is 0.771. The largest absolute Gasteiger partial charge is 0.383 e. The third-order valence-electron chi connectivity index (χ3n) is 4.32. The lowest BCUT2D eigenvalue weighted by Gasteiger charge is -2.35. The van der Waals surface area contributed by atoms with Crippen molar-refractivity contribution in [2.24, 2.45) is 11.7 Å². The Morgan fingerprint density at radius 3 is 2.32 bits per heavy atom. The molecule has 19 heavy (non-hydrogen) atoms. The summed E-state index contributed by atoms with van der Waals surface area (Å²) >= 11 is 0. The molecular weight excluding hydrogens is 240 g/mol. The molecule has 0 spiro atoms. The van der Waals surface area contributed by atoms with Crippen LogP contribution in [-0.4, -0.2) is 43.2 Å². The van der Waals surface area contributed by atoms with Gasteiger partial charge in [-0.15, -0.1) is 0 Å². The maximum absolute atomic E-state index is 12.7. The second-order valence-corrected chi connectivity index (χ2v) is 5.61. The van der Waals surface area contributed by atoms with Crippen molar-refractivity contribution < 1.29 is 9.53 Å². The summed E-state index contributed by atoms with van der Waals surface area (Å²) in [5.41, 5.74) is 5.92. The van der Waals surface area contributed by atoms with Gasteiger partial charge in [0, 0.05) is 31.7 Å². The lowest BCUT2D eigenvalue weighted by Crippen LogP contribution is -2.46. The Morgan fingerprint density at radius 2 is 1.84 bits per heavy atom. The van der Waals surface area contributed by atoms with E-state index < -0.39 is 0 Å². The molecule has 1 saturated carbocycles. The Hall–Kier alpha value is -0.610. The number of nitrogens with two attached hydrogens (primary N) is 1. The summed E-state index contributed by atoms with van der Waals surface area (Å²) in [4.78, 5) is 14.7. The van der Waals surface area contributed by atoms with E-state index in [2.05, 4.69) is 13.8 Å². The average molecular weight is 270 g/mol. The zero-order valence-electron chi connectivity index (χ0n) is 12.7. The van der Waals surface area contributed by atoms with Gasteiger partial charge < -0.3 is 15.4 Å². The highest BCUT2D eigenvalue weighted by Gasteiger charge is 2.30. The number of hydrogen-bond acceptors (Lipinski definition) is 3. The van der Waals surface area contributed by atoms with E-state index in [-0.39, 0.29) is 5.92 Å². The predicted octanol–water partition coefficient (Wildman–Crippen LogP) is 2.17. The number of methoxy groups -OCH3 is 1. The Labute approximate surface area is 117 Å². The summed E-state index contributed by atoms with van der Waals surface area (Å²) < 4.78 is 5.15. The molecule has 0 bridgehead atoms. The first-order valence-electron chi connectivity index (χ1n) is 7.68. The van der Waals surface area contributed by atoms with Crippen LogP contribution in [0.5, 0.6) is 0 Å². The highest BCUT2D eigenvalue weighted by atomic mass is 16.5. The second kappa shape index (κ2) is 8.54. The summed E-state index contributed by atoms with van der Waals surface area (Å²) in [6, 6.07) is 0.642. The van der Waals surface area contributed by atoms with Crippen molar-refractivity contribution in [1.29, 1.82) is 0 Å². The van der Waals surface area contributed by atoms with Crippen molar-refractivity contribution in [3.8, 4) is 0 Å². The molecule has 1 fully saturated rings. The van der Waals surface area contributed by atoms with E-state index in [1.807, 2.05) is 4.90 Å². The zero-order chi connectivity index (χ0) is 14.3. The van der Waals surface area contributed by atoms with Crippen LogP contribution in [0.25, 0.3) is 0 Å². The first-order chi connectivity index (χ1) is 9.13. The summed E-state index contributed by atoms with van der Waals surface area (Å²) in [6.45, 7) is 5.63. The Morgan fingerprint density at radius 1 is 1.26 bits per heavy atom. The SMILES string of the molecule is CCC(CC)N(CCOC)C(=O)C1CCC(N)CC1. The fourth-order valence-electron chi connectivity index (χ4n) is 2.99. The zero-order valence-corrected chi connectivity index (χ0v) is 12.7. The molecule has 4 nitrogen and oxygen atoms in total. The van der Waals surface area contributed by atoms with Gasteiger partial charge in [-0.2, -0.15) is 0 Å².